The molecule has 3 aromatic heterocycles. The smallest absolute Gasteiger partial charge is 0.259 e. The number of carbonyl (C=O) groups excluding carboxylic acids is 1. The Balaban J connectivity index is 1.63. The lowest BCUT2D eigenvalue weighted by Crippen LogP contribution is -2.30. The summed E-state index contributed by atoms with van der Waals surface area (Å²) in [5.41, 5.74) is 3.39. The summed E-state index contributed by atoms with van der Waals surface area (Å²) in [5, 5.41) is 6.84. The van der Waals surface area contributed by atoms with E-state index in [9.17, 15) is 4.79 Å². The topological polar surface area (TPSA) is 59.2 Å². The number of rotatable bonds is 3. The number of benzene rings is 1. The number of likely N-dealkylation sites (tertiary alicyclic amines) is 1. The van der Waals surface area contributed by atoms with Gasteiger partial charge in [0.2, 0.25) is 0 Å². The Morgan fingerprint density at radius 1 is 1.21 bits per heavy atom. The molecule has 1 aliphatic heterocycles. The maximum absolute atomic E-state index is 13.6. The van der Waals surface area contributed by atoms with Gasteiger partial charge in [0.1, 0.15) is 0 Å². The van der Waals surface area contributed by atoms with Crippen LogP contribution in [0.1, 0.15) is 39.8 Å². The van der Waals surface area contributed by atoms with Crippen LogP contribution in [0.2, 0.25) is 0 Å². The molecule has 1 saturated heterocycles. The van der Waals surface area contributed by atoms with E-state index in [1.807, 2.05) is 54.3 Å². The summed E-state index contributed by atoms with van der Waals surface area (Å²) >= 11 is 1.71. The molecule has 0 saturated carbocycles. The van der Waals surface area contributed by atoms with Gasteiger partial charge in [-0.2, -0.15) is 0 Å². The zero-order valence-corrected chi connectivity index (χ0v) is 16.3. The fraction of sp³-hybridized carbons (Fsp3) is 0.227. The number of amides is 1. The number of pyridine rings is 1. The van der Waals surface area contributed by atoms with Crippen molar-refractivity contribution in [1.29, 1.82) is 0 Å². The normalized spacial score (nSPS) is 16.8. The minimum Gasteiger partial charge on any atom is -0.335 e. The first-order chi connectivity index (χ1) is 13.7. The van der Waals surface area contributed by atoms with Gasteiger partial charge in [-0.3, -0.25) is 4.79 Å². The molecule has 0 N–H and O–H groups in total. The summed E-state index contributed by atoms with van der Waals surface area (Å²) in [5.74, 6) is 0.0202. The van der Waals surface area contributed by atoms with Crippen molar-refractivity contribution in [3.63, 3.8) is 0 Å². The second-order valence-corrected chi connectivity index (χ2v) is 8.02. The zero-order valence-electron chi connectivity index (χ0n) is 15.5. The molecule has 0 spiro atoms. The third-order valence-electron chi connectivity index (χ3n) is 5.30. The van der Waals surface area contributed by atoms with Gasteiger partial charge >= 0.3 is 0 Å². The van der Waals surface area contributed by atoms with Crippen LogP contribution < -0.4 is 0 Å². The van der Waals surface area contributed by atoms with Crippen LogP contribution in [0.5, 0.6) is 0 Å². The van der Waals surface area contributed by atoms with Crippen molar-refractivity contribution in [1.82, 2.24) is 15.0 Å². The molecule has 1 unspecified atom stereocenters. The summed E-state index contributed by atoms with van der Waals surface area (Å²) < 4.78 is 5.43. The highest BCUT2D eigenvalue weighted by atomic mass is 32.1. The monoisotopic (exact) mass is 389 g/mol. The Hall–Kier alpha value is -2.99. The van der Waals surface area contributed by atoms with Crippen molar-refractivity contribution >= 4 is 28.3 Å². The van der Waals surface area contributed by atoms with Crippen molar-refractivity contribution in [3.8, 4) is 11.3 Å². The molecular weight excluding hydrogens is 370 g/mol. The lowest BCUT2D eigenvalue weighted by molar-refractivity contribution is 0.0739. The van der Waals surface area contributed by atoms with E-state index in [-0.39, 0.29) is 11.9 Å². The van der Waals surface area contributed by atoms with Gasteiger partial charge in [-0.05, 0) is 37.3 Å². The largest absolute Gasteiger partial charge is 0.335 e. The van der Waals surface area contributed by atoms with Crippen LogP contribution >= 0.6 is 11.3 Å². The molecule has 4 aromatic rings. The first-order valence-corrected chi connectivity index (χ1v) is 10.3. The molecule has 5 nitrogen and oxygen atoms in total. The van der Waals surface area contributed by atoms with E-state index in [2.05, 4.69) is 21.6 Å². The molecule has 6 heteroatoms. The van der Waals surface area contributed by atoms with E-state index >= 15 is 0 Å². The van der Waals surface area contributed by atoms with Crippen molar-refractivity contribution in [2.45, 2.75) is 25.8 Å². The van der Waals surface area contributed by atoms with Gasteiger partial charge in [-0.15, -0.1) is 11.3 Å². The van der Waals surface area contributed by atoms with Crippen molar-refractivity contribution in [2.24, 2.45) is 0 Å². The molecule has 28 heavy (non-hydrogen) atoms. The predicted molar refractivity (Wildman–Crippen MR) is 109 cm³/mol. The van der Waals surface area contributed by atoms with Gasteiger partial charge in [0.05, 0.1) is 28.4 Å². The van der Waals surface area contributed by atoms with E-state index in [0.29, 0.717) is 22.4 Å². The SMILES string of the molecule is Cc1noc2nc(-c3ccccc3)cc(C(=O)N3CCCC3c3cccs3)c12. The Bertz CT molecular complexity index is 1140. The van der Waals surface area contributed by atoms with Crippen LogP contribution in [0.3, 0.4) is 0 Å². The van der Waals surface area contributed by atoms with Gasteiger partial charge in [0.15, 0.2) is 0 Å². The van der Waals surface area contributed by atoms with Gasteiger partial charge in [-0.1, -0.05) is 41.6 Å². The lowest BCUT2D eigenvalue weighted by atomic mass is 10.0. The average molecular weight is 389 g/mol. The second-order valence-electron chi connectivity index (χ2n) is 7.04. The maximum Gasteiger partial charge on any atom is 0.259 e. The zero-order chi connectivity index (χ0) is 19.1. The van der Waals surface area contributed by atoms with Crippen LogP contribution in [-0.2, 0) is 0 Å². The summed E-state index contributed by atoms with van der Waals surface area (Å²) in [7, 11) is 0. The highest BCUT2D eigenvalue weighted by molar-refractivity contribution is 7.10. The van der Waals surface area contributed by atoms with Gasteiger partial charge in [0, 0.05) is 17.0 Å². The molecule has 5 rings (SSSR count). The molecular formula is C22H19N3O2S. The van der Waals surface area contributed by atoms with Crippen molar-refractivity contribution < 1.29 is 9.32 Å². The second kappa shape index (κ2) is 6.87. The average Bonchev–Trinajstić information content (AvgIpc) is 3.48. The van der Waals surface area contributed by atoms with Gasteiger partial charge < -0.3 is 9.42 Å². The van der Waals surface area contributed by atoms with E-state index in [1.54, 1.807) is 11.3 Å². The van der Waals surface area contributed by atoms with Crippen molar-refractivity contribution in [3.05, 3.63) is 70.0 Å². The fourth-order valence-electron chi connectivity index (χ4n) is 3.96. The number of carbonyl (C=O) groups is 1. The summed E-state index contributed by atoms with van der Waals surface area (Å²) in [6, 6.07) is 16.0. The molecule has 0 aliphatic carbocycles. The quantitative estimate of drug-likeness (QED) is 0.481. The van der Waals surface area contributed by atoms with E-state index in [1.165, 1.54) is 4.88 Å². The third-order valence-corrected chi connectivity index (χ3v) is 6.28. The first-order valence-electron chi connectivity index (χ1n) is 9.39. The molecule has 0 radical (unpaired) electrons. The Kier molecular flexibility index (Phi) is 4.20. The Labute approximate surface area is 166 Å². The number of hydrogen-bond acceptors (Lipinski definition) is 5. The Morgan fingerprint density at radius 3 is 2.86 bits per heavy atom. The minimum atomic E-state index is 0.0202. The molecule has 1 aliphatic rings. The number of thiophene rings is 1. The summed E-state index contributed by atoms with van der Waals surface area (Å²) in [4.78, 5) is 21.5. The van der Waals surface area contributed by atoms with Crippen LogP contribution in [0.25, 0.3) is 22.4 Å². The number of aryl methyl sites for hydroxylation is 1. The molecule has 4 heterocycles. The van der Waals surface area contributed by atoms with E-state index in [4.69, 9.17) is 4.52 Å². The third kappa shape index (κ3) is 2.81. The lowest BCUT2D eigenvalue weighted by Gasteiger charge is -2.24. The van der Waals surface area contributed by atoms with Crippen molar-refractivity contribution in [2.75, 3.05) is 6.54 Å². The maximum atomic E-state index is 13.6. The van der Waals surface area contributed by atoms with Gasteiger partial charge in [-0.25, -0.2) is 4.98 Å². The molecule has 0 bridgehead atoms. The molecule has 1 aromatic carbocycles. The van der Waals surface area contributed by atoms with Crippen LogP contribution in [0.4, 0.5) is 0 Å². The molecule has 140 valence electrons. The first kappa shape index (κ1) is 17.1. The number of aromatic nitrogens is 2. The number of hydrogen-bond donors (Lipinski definition) is 0. The standard InChI is InChI=1S/C22H19N3O2S/c1-14-20-16(22(26)25-11-5-9-18(25)19-10-6-12-28-19)13-17(23-21(20)27-24-14)15-7-3-2-4-8-15/h2-4,6-8,10,12-13,18H,5,9,11H2,1H3. The Morgan fingerprint density at radius 2 is 2.07 bits per heavy atom. The van der Waals surface area contributed by atoms with Crippen LogP contribution in [-0.4, -0.2) is 27.5 Å². The minimum absolute atomic E-state index is 0.0202. The van der Waals surface area contributed by atoms with Gasteiger partial charge in [0.25, 0.3) is 11.6 Å². The molecule has 1 amide bonds. The van der Waals surface area contributed by atoms with E-state index in [0.717, 1.165) is 30.6 Å². The summed E-state index contributed by atoms with van der Waals surface area (Å²) in [6.45, 7) is 2.61. The fourth-order valence-corrected chi connectivity index (χ4v) is 4.83. The molecule has 1 fully saturated rings. The van der Waals surface area contributed by atoms with Crippen LogP contribution in [0.15, 0.2) is 58.4 Å². The van der Waals surface area contributed by atoms with Crippen LogP contribution in [0, 0.1) is 6.92 Å². The predicted octanol–water partition coefficient (Wildman–Crippen LogP) is 5.24. The number of fused-ring (bicyclic) bond motifs is 1. The van der Waals surface area contributed by atoms with E-state index < -0.39 is 0 Å². The number of nitrogens with zero attached hydrogens (tertiary/aromatic N) is 3. The summed E-state index contributed by atoms with van der Waals surface area (Å²) in [6.07, 6.45) is 2.01. The molecule has 1 atom stereocenters. The highest BCUT2D eigenvalue weighted by Crippen LogP contribution is 2.37. The highest BCUT2D eigenvalue weighted by Gasteiger charge is 2.33.